The highest BCUT2D eigenvalue weighted by atomic mass is 35.5. The van der Waals surface area contributed by atoms with Gasteiger partial charge in [0.1, 0.15) is 0 Å². The molecule has 0 saturated heterocycles. The van der Waals surface area contributed by atoms with Crippen LogP contribution >= 0.6 is 11.6 Å². The van der Waals surface area contributed by atoms with Crippen LogP contribution in [0.3, 0.4) is 0 Å². The van der Waals surface area contributed by atoms with E-state index in [1.807, 2.05) is 43.3 Å². The van der Waals surface area contributed by atoms with E-state index in [4.69, 9.17) is 16.3 Å². The molecule has 1 heterocycles. The van der Waals surface area contributed by atoms with E-state index < -0.39 is 12.4 Å². The summed E-state index contributed by atoms with van der Waals surface area (Å²) < 4.78 is 5.18. The monoisotopic (exact) mass is 417 g/mol. The second kappa shape index (κ2) is 7.22. The maximum Gasteiger partial charge on any atom is 0.507 e. The van der Waals surface area contributed by atoms with E-state index in [-0.39, 0.29) is 5.92 Å². The van der Waals surface area contributed by atoms with Crippen LogP contribution in [0.4, 0.5) is 10.5 Å². The fourth-order valence-electron chi connectivity index (χ4n) is 4.70. The van der Waals surface area contributed by atoms with Crippen molar-refractivity contribution >= 4 is 45.0 Å². The molecular formula is C25H20ClNO3. The van der Waals surface area contributed by atoms with Gasteiger partial charge in [-0.2, -0.15) is 0 Å². The highest BCUT2D eigenvalue weighted by Gasteiger charge is 2.33. The molecule has 0 bridgehead atoms. The van der Waals surface area contributed by atoms with Crippen LogP contribution in [0.5, 0.6) is 0 Å². The highest BCUT2D eigenvalue weighted by Crippen LogP contribution is 2.46. The normalized spacial score (nSPS) is 18.1. The van der Waals surface area contributed by atoms with Gasteiger partial charge >= 0.3 is 6.16 Å². The van der Waals surface area contributed by atoms with E-state index in [1.54, 1.807) is 0 Å². The Morgan fingerprint density at radius 2 is 1.67 bits per heavy atom. The summed E-state index contributed by atoms with van der Waals surface area (Å²) in [6.07, 6.45) is -1.45. The number of anilines is 1. The van der Waals surface area contributed by atoms with Crippen molar-refractivity contribution in [1.82, 2.24) is 0 Å². The van der Waals surface area contributed by atoms with Crippen LogP contribution < -0.4 is 5.32 Å². The van der Waals surface area contributed by atoms with Crippen molar-refractivity contribution in [2.45, 2.75) is 25.5 Å². The molecule has 4 aromatic rings. The lowest BCUT2D eigenvalue weighted by Crippen LogP contribution is -2.33. The maximum atomic E-state index is 11.3. The number of nitrogens with one attached hydrogen (secondary N) is 1. The van der Waals surface area contributed by atoms with E-state index >= 15 is 0 Å². The number of halogens is 1. The average Bonchev–Trinajstić information content (AvgIpc) is 2.72. The Kier molecular flexibility index (Phi) is 4.52. The summed E-state index contributed by atoms with van der Waals surface area (Å²) in [5.41, 5.74) is 4.09. The average molecular weight is 418 g/mol. The van der Waals surface area contributed by atoms with Crippen LogP contribution in [0.15, 0.2) is 66.7 Å². The minimum atomic E-state index is -1.29. The van der Waals surface area contributed by atoms with Gasteiger partial charge in [-0.3, -0.25) is 0 Å². The number of rotatable bonds is 2. The molecule has 0 spiro atoms. The van der Waals surface area contributed by atoms with E-state index in [0.29, 0.717) is 11.4 Å². The lowest BCUT2D eigenvalue weighted by atomic mass is 9.79. The molecule has 4 aromatic carbocycles. The molecule has 1 aliphatic heterocycles. The van der Waals surface area contributed by atoms with Gasteiger partial charge < -0.3 is 15.2 Å². The largest absolute Gasteiger partial charge is 0.507 e. The molecule has 0 fully saturated rings. The van der Waals surface area contributed by atoms with Crippen LogP contribution in [0.1, 0.15) is 29.0 Å². The molecule has 0 radical (unpaired) electrons. The van der Waals surface area contributed by atoms with E-state index in [0.717, 1.165) is 38.4 Å². The van der Waals surface area contributed by atoms with Gasteiger partial charge in [-0.1, -0.05) is 60.1 Å². The molecule has 2 unspecified atom stereocenters. The SMILES string of the molecule is Cc1cc(Cl)cc2c1NC(OC(=O)O)CC2c1c2ccccc2cc2ccccc12. The van der Waals surface area contributed by atoms with Crippen molar-refractivity contribution in [3.8, 4) is 0 Å². The lowest BCUT2D eigenvalue weighted by Gasteiger charge is -2.34. The summed E-state index contributed by atoms with van der Waals surface area (Å²) in [5, 5.41) is 17.8. The predicted octanol–water partition coefficient (Wildman–Crippen LogP) is 6.92. The third-order valence-electron chi connectivity index (χ3n) is 5.87. The minimum absolute atomic E-state index is 0.0704. The summed E-state index contributed by atoms with van der Waals surface area (Å²) in [5.74, 6) is -0.0704. The van der Waals surface area contributed by atoms with E-state index in [2.05, 4.69) is 35.6 Å². The molecule has 5 heteroatoms. The van der Waals surface area contributed by atoms with Crippen LogP contribution in [-0.2, 0) is 4.74 Å². The Hall–Kier alpha value is -3.24. The van der Waals surface area contributed by atoms with Gasteiger partial charge in [-0.15, -0.1) is 0 Å². The molecule has 0 aromatic heterocycles. The zero-order valence-corrected chi connectivity index (χ0v) is 17.1. The Labute approximate surface area is 179 Å². The van der Waals surface area contributed by atoms with E-state index in [1.165, 1.54) is 5.56 Å². The van der Waals surface area contributed by atoms with Crippen LogP contribution in [0.25, 0.3) is 21.5 Å². The second-order valence-electron chi connectivity index (χ2n) is 7.72. The van der Waals surface area contributed by atoms with Crippen molar-refractivity contribution in [1.29, 1.82) is 0 Å². The molecule has 30 heavy (non-hydrogen) atoms. The third kappa shape index (κ3) is 3.14. The Morgan fingerprint density at radius 3 is 2.30 bits per heavy atom. The highest BCUT2D eigenvalue weighted by molar-refractivity contribution is 6.30. The summed E-state index contributed by atoms with van der Waals surface area (Å²) >= 11 is 6.44. The number of hydrogen-bond donors (Lipinski definition) is 2. The molecule has 4 nitrogen and oxygen atoms in total. The Bertz CT molecular complexity index is 1250. The van der Waals surface area contributed by atoms with Crippen molar-refractivity contribution in [3.63, 3.8) is 0 Å². The maximum absolute atomic E-state index is 11.3. The number of ether oxygens (including phenoxy) is 1. The summed E-state index contributed by atoms with van der Waals surface area (Å²) in [6.45, 7) is 1.97. The Balaban J connectivity index is 1.82. The number of hydrogen-bond acceptors (Lipinski definition) is 3. The summed E-state index contributed by atoms with van der Waals surface area (Å²) in [6, 6.07) is 22.7. The Morgan fingerprint density at radius 1 is 1.03 bits per heavy atom. The smallest absolute Gasteiger partial charge is 0.450 e. The third-order valence-corrected chi connectivity index (χ3v) is 6.08. The van der Waals surface area contributed by atoms with Crippen molar-refractivity contribution < 1.29 is 14.6 Å². The summed E-state index contributed by atoms with van der Waals surface area (Å²) in [4.78, 5) is 11.3. The number of carbonyl (C=O) groups is 1. The van der Waals surface area contributed by atoms with Crippen LogP contribution in [0, 0.1) is 6.92 Å². The molecule has 1 aliphatic rings. The predicted molar refractivity (Wildman–Crippen MR) is 121 cm³/mol. The van der Waals surface area contributed by atoms with Crippen LogP contribution in [0.2, 0.25) is 5.02 Å². The summed E-state index contributed by atoms with van der Waals surface area (Å²) in [7, 11) is 0. The molecule has 150 valence electrons. The zero-order chi connectivity index (χ0) is 20.8. The van der Waals surface area contributed by atoms with Gasteiger partial charge in [-0.05, 0) is 63.4 Å². The standard InChI is InChI=1S/C25H20ClNO3/c1-14-10-17(26)12-21-20(13-22(27-24(14)21)30-25(28)29)23-18-8-4-2-6-15(18)11-16-7-3-5-9-19(16)23/h2-12,20,22,27H,13H2,1H3,(H,28,29). The topological polar surface area (TPSA) is 58.6 Å². The molecule has 2 N–H and O–H groups in total. The first kappa shape index (κ1) is 18.8. The number of carboxylic acid groups (broad SMARTS) is 1. The fraction of sp³-hybridized carbons (Fsp3) is 0.160. The number of fused-ring (bicyclic) bond motifs is 3. The first-order valence-corrected chi connectivity index (χ1v) is 10.3. The lowest BCUT2D eigenvalue weighted by molar-refractivity contribution is 0.0562. The number of benzene rings is 4. The van der Waals surface area contributed by atoms with Gasteiger partial charge in [0.15, 0.2) is 6.23 Å². The first-order chi connectivity index (χ1) is 14.5. The minimum Gasteiger partial charge on any atom is -0.450 e. The molecule has 5 rings (SSSR count). The fourth-order valence-corrected chi connectivity index (χ4v) is 4.98. The van der Waals surface area contributed by atoms with E-state index in [9.17, 15) is 9.90 Å². The molecule has 2 atom stereocenters. The van der Waals surface area contributed by atoms with Crippen molar-refractivity contribution in [3.05, 3.63) is 88.4 Å². The van der Waals surface area contributed by atoms with Gasteiger partial charge in [-0.25, -0.2) is 4.79 Å². The van der Waals surface area contributed by atoms with Crippen LogP contribution in [-0.4, -0.2) is 17.5 Å². The molecular weight excluding hydrogens is 398 g/mol. The molecule has 0 amide bonds. The molecule has 0 saturated carbocycles. The quantitative estimate of drug-likeness (QED) is 0.274. The van der Waals surface area contributed by atoms with Gasteiger partial charge in [0.05, 0.1) is 0 Å². The zero-order valence-electron chi connectivity index (χ0n) is 16.4. The molecule has 0 aliphatic carbocycles. The van der Waals surface area contributed by atoms with Gasteiger partial charge in [0.25, 0.3) is 0 Å². The van der Waals surface area contributed by atoms with Gasteiger partial charge in [0, 0.05) is 23.0 Å². The number of aryl methyl sites for hydroxylation is 1. The second-order valence-corrected chi connectivity index (χ2v) is 8.16. The first-order valence-electron chi connectivity index (χ1n) is 9.88. The van der Waals surface area contributed by atoms with Crippen molar-refractivity contribution in [2.24, 2.45) is 0 Å². The van der Waals surface area contributed by atoms with Crippen molar-refractivity contribution in [2.75, 3.05) is 5.32 Å². The van der Waals surface area contributed by atoms with Gasteiger partial charge in [0.2, 0.25) is 0 Å².